The number of nitrogens with zero attached hydrogens (tertiary/aromatic N) is 3. The maximum atomic E-state index is 12.7. The van der Waals surface area contributed by atoms with Crippen molar-refractivity contribution in [2.45, 2.75) is 13.5 Å². The second-order valence-corrected chi connectivity index (χ2v) is 6.89. The Hall–Kier alpha value is -3.38. The molecular formula is C21H18ClN5O. The first-order chi connectivity index (χ1) is 13.6. The smallest absolute Gasteiger partial charge is 0.260 e. The van der Waals surface area contributed by atoms with Crippen molar-refractivity contribution in [3.8, 4) is 11.1 Å². The van der Waals surface area contributed by atoms with E-state index in [0.29, 0.717) is 22.9 Å². The Morgan fingerprint density at radius 3 is 2.79 bits per heavy atom. The van der Waals surface area contributed by atoms with Gasteiger partial charge in [-0.1, -0.05) is 54.1 Å². The van der Waals surface area contributed by atoms with E-state index >= 15 is 0 Å². The van der Waals surface area contributed by atoms with E-state index in [0.717, 1.165) is 22.4 Å². The van der Waals surface area contributed by atoms with Crippen molar-refractivity contribution < 1.29 is 4.79 Å². The molecule has 2 N–H and O–H groups in total. The number of aromatic amines is 1. The minimum atomic E-state index is -0.269. The maximum absolute atomic E-state index is 12.7. The molecule has 6 nitrogen and oxygen atoms in total. The van der Waals surface area contributed by atoms with E-state index in [-0.39, 0.29) is 5.91 Å². The Bertz CT molecular complexity index is 1120. The number of carbonyl (C=O) groups excluding carboxylic acids is 1. The second kappa shape index (κ2) is 7.70. The molecule has 1 amide bonds. The molecule has 0 aliphatic rings. The summed E-state index contributed by atoms with van der Waals surface area (Å²) in [7, 11) is 0. The molecule has 140 valence electrons. The molecule has 0 saturated heterocycles. The summed E-state index contributed by atoms with van der Waals surface area (Å²) in [5, 5.41) is 14.9. The number of rotatable bonds is 5. The van der Waals surface area contributed by atoms with E-state index in [1.165, 1.54) is 0 Å². The lowest BCUT2D eigenvalue weighted by molar-refractivity contribution is 0.102. The van der Waals surface area contributed by atoms with E-state index in [1.807, 2.05) is 55.5 Å². The molecule has 2 aromatic carbocycles. The van der Waals surface area contributed by atoms with E-state index in [4.69, 9.17) is 11.6 Å². The molecule has 28 heavy (non-hydrogen) atoms. The fourth-order valence-corrected chi connectivity index (χ4v) is 3.22. The summed E-state index contributed by atoms with van der Waals surface area (Å²) >= 11 is 6.11. The highest BCUT2D eigenvalue weighted by atomic mass is 35.5. The van der Waals surface area contributed by atoms with Crippen molar-refractivity contribution in [1.29, 1.82) is 0 Å². The van der Waals surface area contributed by atoms with Gasteiger partial charge in [0.15, 0.2) is 5.82 Å². The highest BCUT2D eigenvalue weighted by molar-refractivity contribution is 6.30. The number of aryl methyl sites for hydroxylation is 1. The first-order valence-corrected chi connectivity index (χ1v) is 9.16. The van der Waals surface area contributed by atoms with Crippen LogP contribution < -0.4 is 5.32 Å². The summed E-state index contributed by atoms with van der Waals surface area (Å²) in [5.74, 6) is 0.190. The Kier molecular flexibility index (Phi) is 4.95. The molecule has 0 unspecified atom stereocenters. The lowest BCUT2D eigenvalue weighted by atomic mass is 10.1. The van der Waals surface area contributed by atoms with Gasteiger partial charge in [0.1, 0.15) is 0 Å². The number of hydrogen-bond acceptors (Lipinski definition) is 3. The predicted octanol–water partition coefficient (Wildman–Crippen LogP) is 4.54. The number of amides is 1. The largest absolute Gasteiger partial charge is 0.304 e. The van der Waals surface area contributed by atoms with Gasteiger partial charge in [-0.3, -0.25) is 14.6 Å². The molecule has 0 aliphatic heterocycles. The number of aromatic nitrogens is 4. The van der Waals surface area contributed by atoms with Gasteiger partial charge in [0.2, 0.25) is 0 Å². The van der Waals surface area contributed by atoms with Crippen molar-refractivity contribution >= 4 is 23.3 Å². The number of hydrogen-bond donors (Lipinski definition) is 2. The zero-order chi connectivity index (χ0) is 19.5. The molecular weight excluding hydrogens is 374 g/mol. The van der Waals surface area contributed by atoms with Gasteiger partial charge in [-0.2, -0.15) is 10.2 Å². The van der Waals surface area contributed by atoms with Crippen molar-refractivity contribution in [3.05, 3.63) is 88.8 Å². The van der Waals surface area contributed by atoms with Crippen molar-refractivity contribution in [2.24, 2.45) is 0 Å². The van der Waals surface area contributed by atoms with Crippen molar-refractivity contribution in [3.63, 3.8) is 0 Å². The first kappa shape index (κ1) is 18.0. The highest BCUT2D eigenvalue weighted by Crippen LogP contribution is 2.31. The molecule has 0 aliphatic carbocycles. The Balaban J connectivity index is 1.54. The Morgan fingerprint density at radius 1 is 1.18 bits per heavy atom. The maximum Gasteiger partial charge on any atom is 0.260 e. The monoisotopic (exact) mass is 391 g/mol. The molecule has 0 bridgehead atoms. The van der Waals surface area contributed by atoms with Gasteiger partial charge in [0.25, 0.3) is 5.91 Å². The predicted molar refractivity (Wildman–Crippen MR) is 109 cm³/mol. The fraction of sp³-hybridized carbons (Fsp3) is 0.0952. The van der Waals surface area contributed by atoms with Crippen LogP contribution in [0.25, 0.3) is 11.1 Å². The quantitative estimate of drug-likeness (QED) is 0.524. The van der Waals surface area contributed by atoms with E-state index < -0.39 is 0 Å². The lowest BCUT2D eigenvalue weighted by Crippen LogP contribution is -2.12. The van der Waals surface area contributed by atoms with Crippen LogP contribution in [0, 0.1) is 6.92 Å². The molecule has 7 heteroatoms. The number of anilines is 1. The molecule has 4 aromatic rings. The zero-order valence-electron chi connectivity index (χ0n) is 15.2. The Labute approximate surface area is 167 Å². The number of halogens is 1. The molecule has 0 saturated carbocycles. The van der Waals surface area contributed by atoms with Gasteiger partial charge in [0, 0.05) is 22.5 Å². The average molecular weight is 392 g/mol. The van der Waals surface area contributed by atoms with Gasteiger partial charge < -0.3 is 5.32 Å². The SMILES string of the molecule is Cc1[nH]nc(NC(=O)c2cnn(Cc3ccccc3)c2)c1-c1cccc(Cl)c1. The third-order valence-electron chi connectivity index (χ3n) is 4.38. The van der Waals surface area contributed by atoms with Crippen LogP contribution in [0.4, 0.5) is 5.82 Å². The van der Waals surface area contributed by atoms with Gasteiger partial charge in [-0.05, 0) is 30.2 Å². The standard InChI is InChI=1S/C21H18ClN5O/c1-14-19(16-8-5-9-18(22)10-16)20(26-25-14)24-21(28)17-11-23-27(13-17)12-15-6-3-2-4-7-15/h2-11,13H,12H2,1H3,(H2,24,25,26,28). The summed E-state index contributed by atoms with van der Waals surface area (Å²) in [4.78, 5) is 12.7. The van der Waals surface area contributed by atoms with Gasteiger partial charge in [0.05, 0.1) is 18.3 Å². The van der Waals surface area contributed by atoms with Crippen LogP contribution in [0.15, 0.2) is 67.0 Å². The molecule has 0 atom stereocenters. The summed E-state index contributed by atoms with van der Waals surface area (Å²) in [6, 6.07) is 17.4. The molecule has 2 heterocycles. The third-order valence-corrected chi connectivity index (χ3v) is 4.61. The molecule has 0 spiro atoms. The van der Waals surface area contributed by atoms with Crippen molar-refractivity contribution in [1.82, 2.24) is 20.0 Å². The van der Waals surface area contributed by atoms with Gasteiger partial charge in [-0.25, -0.2) is 0 Å². The van der Waals surface area contributed by atoms with Crippen LogP contribution in [0.3, 0.4) is 0 Å². The van der Waals surface area contributed by atoms with Crippen LogP contribution >= 0.6 is 11.6 Å². The van der Waals surface area contributed by atoms with Crippen LogP contribution in [0.5, 0.6) is 0 Å². The minimum absolute atomic E-state index is 0.269. The summed E-state index contributed by atoms with van der Waals surface area (Å²) in [6.45, 7) is 2.50. The normalized spacial score (nSPS) is 10.8. The topological polar surface area (TPSA) is 75.6 Å². The van der Waals surface area contributed by atoms with Gasteiger partial charge in [-0.15, -0.1) is 0 Å². The number of H-pyrrole nitrogens is 1. The highest BCUT2D eigenvalue weighted by Gasteiger charge is 2.17. The number of nitrogens with one attached hydrogen (secondary N) is 2. The lowest BCUT2D eigenvalue weighted by Gasteiger charge is -2.06. The molecule has 2 aromatic heterocycles. The van der Waals surface area contributed by atoms with Crippen LogP contribution in [0.2, 0.25) is 5.02 Å². The summed E-state index contributed by atoms with van der Waals surface area (Å²) in [5.41, 5.74) is 4.12. The van der Waals surface area contributed by atoms with Crippen LogP contribution in [-0.2, 0) is 6.54 Å². The number of carbonyl (C=O) groups is 1. The fourth-order valence-electron chi connectivity index (χ4n) is 3.03. The summed E-state index contributed by atoms with van der Waals surface area (Å²) < 4.78 is 1.73. The van der Waals surface area contributed by atoms with Crippen LogP contribution in [-0.4, -0.2) is 25.9 Å². The zero-order valence-corrected chi connectivity index (χ0v) is 15.9. The van der Waals surface area contributed by atoms with E-state index in [2.05, 4.69) is 20.6 Å². The third kappa shape index (κ3) is 3.82. The number of benzene rings is 2. The van der Waals surface area contributed by atoms with E-state index in [9.17, 15) is 4.79 Å². The van der Waals surface area contributed by atoms with Crippen LogP contribution in [0.1, 0.15) is 21.6 Å². The Morgan fingerprint density at radius 2 is 2.00 bits per heavy atom. The average Bonchev–Trinajstić information content (AvgIpc) is 3.29. The minimum Gasteiger partial charge on any atom is -0.304 e. The second-order valence-electron chi connectivity index (χ2n) is 6.45. The first-order valence-electron chi connectivity index (χ1n) is 8.79. The molecule has 0 radical (unpaired) electrons. The van der Waals surface area contributed by atoms with Crippen molar-refractivity contribution in [2.75, 3.05) is 5.32 Å². The summed E-state index contributed by atoms with van der Waals surface area (Å²) in [6.07, 6.45) is 3.28. The molecule has 4 rings (SSSR count). The van der Waals surface area contributed by atoms with E-state index in [1.54, 1.807) is 23.1 Å². The van der Waals surface area contributed by atoms with Gasteiger partial charge >= 0.3 is 0 Å². The molecule has 0 fully saturated rings.